The van der Waals surface area contributed by atoms with Gasteiger partial charge in [0.05, 0.1) is 12.1 Å². The summed E-state index contributed by atoms with van der Waals surface area (Å²) in [6.07, 6.45) is 8.69. The van der Waals surface area contributed by atoms with Gasteiger partial charge in [0.2, 0.25) is 5.91 Å². The molecule has 24 heavy (non-hydrogen) atoms. The zero-order valence-corrected chi connectivity index (χ0v) is 15.8. The van der Waals surface area contributed by atoms with Crippen molar-refractivity contribution in [1.29, 1.82) is 0 Å². The first-order valence-electron chi connectivity index (χ1n) is 9.04. The molecule has 2 aliphatic rings. The Morgan fingerprint density at radius 3 is 2.58 bits per heavy atom. The van der Waals surface area contributed by atoms with Crippen molar-refractivity contribution in [1.82, 2.24) is 20.4 Å². The number of rotatable bonds is 4. The Kier molecular flexibility index (Phi) is 6.70. The van der Waals surface area contributed by atoms with Crippen molar-refractivity contribution in [2.45, 2.75) is 51.5 Å². The Bertz CT molecular complexity index is 537. The molecule has 1 saturated heterocycles. The standard InChI is InChI=1S/C18H30N4O.ClH/c1-12(2)13-4-6-15(7-5-13)21-18(23)17-10-19-9-16(17)14-8-20-22(3)11-14;/h8,11-13,15-17,19H,4-7,9-10H2,1-3H3,(H,21,23);1H/t13?,15?,16-,17+;/m1./s1. The van der Waals surface area contributed by atoms with E-state index >= 15 is 0 Å². The normalized spacial score (nSPS) is 30.2. The summed E-state index contributed by atoms with van der Waals surface area (Å²) in [6, 6.07) is 0.368. The first kappa shape index (κ1) is 19.3. The van der Waals surface area contributed by atoms with Crippen molar-refractivity contribution < 1.29 is 4.79 Å². The minimum absolute atomic E-state index is 0. The predicted molar refractivity (Wildman–Crippen MR) is 98.3 cm³/mol. The Morgan fingerprint density at radius 2 is 2.00 bits per heavy atom. The number of halogens is 1. The van der Waals surface area contributed by atoms with E-state index < -0.39 is 0 Å². The van der Waals surface area contributed by atoms with Gasteiger partial charge in [-0.25, -0.2) is 0 Å². The third-order valence-corrected chi connectivity index (χ3v) is 5.77. The molecule has 0 spiro atoms. The van der Waals surface area contributed by atoms with Crippen molar-refractivity contribution in [3.63, 3.8) is 0 Å². The van der Waals surface area contributed by atoms with Crippen LogP contribution in [0.2, 0.25) is 0 Å². The monoisotopic (exact) mass is 354 g/mol. The van der Waals surface area contributed by atoms with Crippen LogP contribution in [0.1, 0.15) is 51.0 Å². The van der Waals surface area contributed by atoms with Gasteiger partial charge in [-0.1, -0.05) is 13.8 Å². The fraction of sp³-hybridized carbons (Fsp3) is 0.778. The largest absolute Gasteiger partial charge is 0.353 e. The van der Waals surface area contributed by atoms with Crippen LogP contribution >= 0.6 is 12.4 Å². The third kappa shape index (κ3) is 4.31. The van der Waals surface area contributed by atoms with E-state index in [0.717, 1.165) is 37.8 Å². The number of aryl methyl sites for hydroxylation is 1. The molecule has 2 N–H and O–H groups in total. The van der Waals surface area contributed by atoms with E-state index in [-0.39, 0.29) is 30.2 Å². The first-order valence-corrected chi connectivity index (χ1v) is 9.04. The lowest BCUT2D eigenvalue weighted by Crippen LogP contribution is -2.43. The predicted octanol–water partition coefficient (Wildman–Crippen LogP) is 2.48. The molecule has 2 heterocycles. The molecule has 1 aliphatic heterocycles. The maximum atomic E-state index is 12.7. The van der Waals surface area contributed by atoms with Crippen molar-refractivity contribution in [2.24, 2.45) is 24.8 Å². The summed E-state index contributed by atoms with van der Waals surface area (Å²) in [7, 11) is 1.92. The van der Waals surface area contributed by atoms with E-state index in [1.165, 1.54) is 18.4 Å². The van der Waals surface area contributed by atoms with E-state index in [9.17, 15) is 4.79 Å². The second-order valence-electron chi connectivity index (χ2n) is 7.68. The number of carbonyl (C=O) groups excluding carboxylic acids is 1. The van der Waals surface area contributed by atoms with Crippen molar-refractivity contribution in [3.8, 4) is 0 Å². The summed E-state index contributed by atoms with van der Waals surface area (Å²) in [6.45, 7) is 6.26. The van der Waals surface area contributed by atoms with Gasteiger partial charge in [0.25, 0.3) is 0 Å². The molecule has 2 atom stereocenters. The van der Waals surface area contributed by atoms with Gasteiger partial charge in [-0.05, 0) is 43.1 Å². The molecule has 1 aromatic heterocycles. The van der Waals surface area contributed by atoms with Gasteiger partial charge in [0.1, 0.15) is 0 Å². The summed E-state index contributed by atoms with van der Waals surface area (Å²) in [5.41, 5.74) is 1.17. The van der Waals surface area contributed by atoms with Crippen molar-refractivity contribution in [2.75, 3.05) is 13.1 Å². The molecular formula is C18H31ClN4O. The van der Waals surface area contributed by atoms with E-state index in [0.29, 0.717) is 6.04 Å². The Hall–Kier alpha value is -1.07. The van der Waals surface area contributed by atoms with E-state index in [1.807, 2.05) is 24.1 Å². The molecule has 1 aromatic rings. The molecule has 2 fully saturated rings. The second-order valence-corrected chi connectivity index (χ2v) is 7.68. The number of nitrogens with zero attached hydrogens (tertiary/aromatic N) is 2. The number of hydrogen-bond donors (Lipinski definition) is 2. The summed E-state index contributed by atoms with van der Waals surface area (Å²) >= 11 is 0. The molecule has 1 aliphatic carbocycles. The molecular weight excluding hydrogens is 324 g/mol. The zero-order chi connectivity index (χ0) is 16.4. The summed E-state index contributed by atoms with van der Waals surface area (Å²) in [4.78, 5) is 12.7. The Labute approximate surface area is 151 Å². The zero-order valence-electron chi connectivity index (χ0n) is 15.0. The van der Waals surface area contributed by atoms with Crippen LogP contribution in [-0.4, -0.2) is 34.8 Å². The van der Waals surface area contributed by atoms with E-state index in [4.69, 9.17) is 0 Å². The number of nitrogens with one attached hydrogen (secondary N) is 2. The van der Waals surface area contributed by atoms with Crippen LogP contribution in [-0.2, 0) is 11.8 Å². The fourth-order valence-electron chi connectivity index (χ4n) is 4.17. The molecule has 1 amide bonds. The van der Waals surface area contributed by atoms with Crippen LogP contribution < -0.4 is 10.6 Å². The molecule has 0 radical (unpaired) electrons. The number of carbonyl (C=O) groups is 1. The fourth-order valence-corrected chi connectivity index (χ4v) is 4.17. The molecule has 5 nitrogen and oxygen atoms in total. The van der Waals surface area contributed by atoms with Crippen LogP contribution in [0, 0.1) is 17.8 Å². The topological polar surface area (TPSA) is 59.0 Å². The molecule has 0 unspecified atom stereocenters. The molecule has 1 saturated carbocycles. The maximum absolute atomic E-state index is 12.7. The van der Waals surface area contributed by atoms with Gasteiger partial charge >= 0.3 is 0 Å². The van der Waals surface area contributed by atoms with Crippen molar-refractivity contribution in [3.05, 3.63) is 18.0 Å². The Morgan fingerprint density at radius 1 is 1.29 bits per heavy atom. The van der Waals surface area contributed by atoms with Crippen LogP contribution in [0.4, 0.5) is 0 Å². The summed E-state index contributed by atoms with van der Waals surface area (Å²) in [5.74, 6) is 2.09. The van der Waals surface area contributed by atoms with Crippen LogP contribution in [0.15, 0.2) is 12.4 Å². The molecule has 0 aromatic carbocycles. The average Bonchev–Trinajstić information content (AvgIpc) is 3.16. The minimum atomic E-state index is 0. The second kappa shape index (κ2) is 8.34. The molecule has 6 heteroatoms. The van der Waals surface area contributed by atoms with Gasteiger partial charge in [0, 0.05) is 38.3 Å². The molecule has 136 valence electrons. The smallest absolute Gasteiger partial charge is 0.225 e. The lowest BCUT2D eigenvalue weighted by molar-refractivity contribution is -0.125. The highest BCUT2D eigenvalue weighted by Gasteiger charge is 2.36. The van der Waals surface area contributed by atoms with Gasteiger partial charge in [0.15, 0.2) is 0 Å². The van der Waals surface area contributed by atoms with Crippen LogP contribution in [0.25, 0.3) is 0 Å². The Balaban J connectivity index is 0.00000208. The SMILES string of the molecule is CC(C)C1CCC(NC(=O)[C@H]2CNC[C@@H]2c2cnn(C)c2)CC1.Cl. The lowest BCUT2D eigenvalue weighted by Gasteiger charge is -2.32. The highest BCUT2D eigenvalue weighted by Crippen LogP contribution is 2.31. The quantitative estimate of drug-likeness (QED) is 0.873. The van der Waals surface area contributed by atoms with Crippen molar-refractivity contribution >= 4 is 18.3 Å². The van der Waals surface area contributed by atoms with Gasteiger partial charge < -0.3 is 10.6 Å². The lowest BCUT2D eigenvalue weighted by atomic mass is 9.79. The van der Waals surface area contributed by atoms with Crippen LogP contribution in [0.5, 0.6) is 0 Å². The van der Waals surface area contributed by atoms with Gasteiger partial charge in [-0.2, -0.15) is 5.10 Å². The maximum Gasteiger partial charge on any atom is 0.225 e. The minimum Gasteiger partial charge on any atom is -0.353 e. The number of aromatic nitrogens is 2. The van der Waals surface area contributed by atoms with Gasteiger partial charge in [-0.15, -0.1) is 12.4 Å². The molecule has 3 rings (SSSR count). The van der Waals surface area contributed by atoms with Crippen LogP contribution in [0.3, 0.4) is 0 Å². The number of amides is 1. The summed E-state index contributed by atoms with van der Waals surface area (Å²) in [5, 5.41) is 10.9. The average molecular weight is 355 g/mol. The summed E-state index contributed by atoms with van der Waals surface area (Å²) < 4.78 is 1.82. The highest BCUT2D eigenvalue weighted by molar-refractivity contribution is 5.85. The van der Waals surface area contributed by atoms with E-state index in [1.54, 1.807) is 0 Å². The first-order chi connectivity index (χ1) is 11.0. The van der Waals surface area contributed by atoms with E-state index in [2.05, 4.69) is 29.6 Å². The van der Waals surface area contributed by atoms with Gasteiger partial charge in [-0.3, -0.25) is 9.48 Å². The highest BCUT2D eigenvalue weighted by atomic mass is 35.5. The number of hydrogen-bond acceptors (Lipinski definition) is 3. The third-order valence-electron chi connectivity index (χ3n) is 5.77. The molecule has 0 bridgehead atoms.